The average molecular weight is 455 g/mol. The van der Waals surface area contributed by atoms with E-state index in [9.17, 15) is 14.3 Å². The number of ether oxygens (including phenoxy) is 1. The van der Waals surface area contributed by atoms with Gasteiger partial charge in [-0.1, -0.05) is 29.4 Å². The van der Waals surface area contributed by atoms with Gasteiger partial charge < -0.3 is 25.4 Å². The zero-order valence-electron chi connectivity index (χ0n) is 18.1. The molecule has 0 aliphatic carbocycles. The maximum absolute atomic E-state index is 14.9. The van der Waals surface area contributed by atoms with Crippen LogP contribution in [-0.2, 0) is 9.57 Å². The first-order valence-electron chi connectivity index (χ1n) is 10.5. The first kappa shape index (κ1) is 22.6. The maximum Gasteiger partial charge on any atom is 0.414 e. The number of cyclic esters (lactones) is 1. The molecule has 10 heteroatoms. The third-order valence-electron chi connectivity index (χ3n) is 5.39. The third-order valence-corrected chi connectivity index (χ3v) is 5.39. The Morgan fingerprint density at radius 3 is 2.64 bits per heavy atom. The molecule has 0 saturated carbocycles. The molecule has 174 valence electrons. The van der Waals surface area contributed by atoms with Gasteiger partial charge in [0.1, 0.15) is 11.9 Å². The number of benzene rings is 2. The van der Waals surface area contributed by atoms with Crippen LogP contribution in [0.15, 0.2) is 59.5 Å². The Morgan fingerprint density at radius 2 is 2.00 bits per heavy atom. The van der Waals surface area contributed by atoms with E-state index in [2.05, 4.69) is 5.16 Å². The number of halogens is 1. The van der Waals surface area contributed by atoms with Gasteiger partial charge in [0.2, 0.25) is 0 Å². The number of nitrogens with two attached hydrogens (primary N) is 2. The van der Waals surface area contributed by atoms with E-state index < -0.39 is 18.0 Å². The highest BCUT2D eigenvalue weighted by atomic mass is 19.1. The fourth-order valence-electron chi connectivity index (χ4n) is 3.82. The molecule has 0 bridgehead atoms. The van der Waals surface area contributed by atoms with E-state index in [1.54, 1.807) is 25.3 Å². The van der Waals surface area contributed by atoms with E-state index in [0.29, 0.717) is 35.5 Å². The minimum atomic E-state index is -0.607. The largest absolute Gasteiger partial charge is 0.441 e. The molecule has 0 aromatic heterocycles. The number of oxime groups is 1. The van der Waals surface area contributed by atoms with Crippen molar-refractivity contribution in [3.05, 3.63) is 65.7 Å². The summed E-state index contributed by atoms with van der Waals surface area (Å²) in [5.74, 6) is 5.42. The van der Waals surface area contributed by atoms with Gasteiger partial charge in [-0.25, -0.2) is 15.0 Å². The van der Waals surface area contributed by atoms with Crippen LogP contribution in [0.5, 0.6) is 0 Å². The van der Waals surface area contributed by atoms with Gasteiger partial charge in [-0.2, -0.15) is 0 Å². The van der Waals surface area contributed by atoms with Crippen LogP contribution in [0.4, 0.5) is 14.9 Å². The molecule has 33 heavy (non-hydrogen) atoms. The normalized spacial score (nSPS) is 20.5. The Morgan fingerprint density at radius 1 is 1.27 bits per heavy atom. The van der Waals surface area contributed by atoms with Gasteiger partial charge in [-0.15, -0.1) is 0 Å². The molecule has 9 nitrogen and oxygen atoms in total. The second-order valence-corrected chi connectivity index (χ2v) is 8.08. The lowest BCUT2D eigenvalue weighted by Crippen LogP contribution is -2.34. The number of rotatable bonds is 7. The molecule has 2 aromatic rings. The number of aliphatic hydroxyl groups is 1. The van der Waals surface area contributed by atoms with E-state index in [1.165, 1.54) is 16.0 Å². The number of anilines is 1. The van der Waals surface area contributed by atoms with E-state index in [1.807, 2.05) is 24.3 Å². The summed E-state index contributed by atoms with van der Waals surface area (Å²) in [7, 11) is 0. The lowest BCUT2D eigenvalue weighted by Gasteiger charge is -2.17. The van der Waals surface area contributed by atoms with Gasteiger partial charge in [-0.3, -0.25) is 4.90 Å². The summed E-state index contributed by atoms with van der Waals surface area (Å²) >= 11 is 0. The second kappa shape index (κ2) is 9.47. The van der Waals surface area contributed by atoms with Crippen molar-refractivity contribution in [1.29, 1.82) is 0 Å². The number of aliphatic hydroxyl groups excluding tert-OH is 1. The molecular formula is C23H26FN5O4. The highest BCUT2D eigenvalue weighted by Gasteiger charge is 2.32. The van der Waals surface area contributed by atoms with Gasteiger partial charge in [0, 0.05) is 23.9 Å². The Hall–Kier alpha value is -3.63. The molecule has 2 unspecified atom stereocenters. The van der Waals surface area contributed by atoms with Gasteiger partial charge in [0.25, 0.3) is 0 Å². The lowest BCUT2D eigenvalue weighted by atomic mass is 9.99. The number of hydrazine groups is 1. The Labute approximate surface area is 190 Å². The van der Waals surface area contributed by atoms with Crippen molar-refractivity contribution in [1.82, 2.24) is 5.01 Å². The molecule has 1 amide bonds. The van der Waals surface area contributed by atoms with E-state index in [-0.39, 0.29) is 19.3 Å². The fourth-order valence-corrected chi connectivity index (χ4v) is 3.82. The topological polar surface area (TPSA) is 127 Å². The van der Waals surface area contributed by atoms with E-state index >= 15 is 0 Å². The van der Waals surface area contributed by atoms with Crippen LogP contribution >= 0.6 is 0 Å². The summed E-state index contributed by atoms with van der Waals surface area (Å²) in [5.41, 5.74) is 9.36. The second-order valence-electron chi connectivity index (χ2n) is 8.08. The van der Waals surface area contributed by atoms with Gasteiger partial charge >= 0.3 is 6.09 Å². The molecule has 1 fully saturated rings. The van der Waals surface area contributed by atoms with Gasteiger partial charge in [-0.05, 0) is 36.2 Å². The van der Waals surface area contributed by atoms with Crippen LogP contribution in [0.3, 0.4) is 0 Å². The predicted octanol–water partition coefficient (Wildman–Crippen LogP) is 2.30. The first-order chi connectivity index (χ1) is 15.8. The van der Waals surface area contributed by atoms with Crippen LogP contribution in [0.1, 0.15) is 18.9 Å². The van der Waals surface area contributed by atoms with E-state index in [4.69, 9.17) is 21.2 Å². The van der Waals surface area contributed by atoms with Crippen molar-refractivity contribution in [3.8, 4) is 11.1 Å². The van der Waals surface area contributed by atoms with Crippen LogP contribution in [0.25, 0.3) is 11.1 Å². The smallest absolute Gasteiger partial charge is 0.414 e. The van der Waals surface area contributed by atoms with Crippen molar-refractivity contribution >= 4 is 17.5 Å². The molecule has 1 saturated heterocycles. The molecule has 2 heterocycles. The van der Waals surface area contributed by atoms with Crippen molar-refractivity contribution in [2.45, 2.75) is 25.6 Å². The van der Waals surface area contributed by atoms with Gasteiger partial charge in [0.05, 0.1) is 31.1 Å². The Bertz CT molecular complexity index is 1080. The average Bonchev–Trinajstić information content (AvgIpc) is 3.39. The van der Waals surface area contributed by atoms with Crippen molar-refractivity contribution in [2.75, 3.05) is 24.6 Å². The third kappa shape index (κ3) is 5.07. The number of carbonyl (C=O) groups is 1. The summed E-state index contributed by atoms with van der Waals surface area (Å²) in [6, 6.07) is 11.9. The summed E-state index contributed by atoms with van der Waals surface area (Å²) in [6.45, 7) is 2.10. The number of hydrogen-bond donors (Lipinski definition) is 3. The fraction of sp³-hybridized carbons (Fsp3) is 0.304. The quantitative estimate of drug-likeness (QED) is 0.432. The van der Waals surface area contributed by atoms with Crippen molar-refractivity contribution < 1.29 is 23.9 Å². The number of amides is 1. The van der Waals surface area contributed by atoms with Crippen LogP contribution in [0, 0.1) is 5.82 Å². The van der Waals surface area contributed by atoms with E-state index in [0.717, 1.165) is 11.3 Å². The molecule has 5 N–H and O–H groups in total. The molecular weight excluding hydrogens is 429 g/mol. The Kier molecular flexibility index (Phi) is 6.47. The number of hydrogen-bond acceptors (Lipinski definition) is 8. The summed E-state index contributed by atoms with van der Waals surface area (Å²) in [6.07, 6.45) is 0.828. The minimum Gasteiger partial charge on any atom is -0.441 e. The SMILES string of the molecule is C/C(N)=C/N(N)CC1CC(c2ccc(-c3ccc(N4CC(CO)OC4=O)cc3F)cc2)=NO1. The van der Waals surface area contributed by atoms with Crippen LogP contribution in [0.2, 0.25) is 0 Å². The molecule has 0 radical (unpaired) electrons. The highest BCUT2D eigenvalue weighted by molar-refractivity contribution is 6.01. The molecule has 2 aliphatic rings. The number of nitrogens with zero attached hydrogens (tertiary/aromatic N) is 3. The van der Waals surface area contributed by atoms with Crippen molar-refractivity contribution in [2.24, 2.45) is 16.7 Å². The zero-order chi connectivity index (χ0) is 23.5. The Balaban J connectivity index is 1.42. The molecule has 2 atom stereocenters. The number of allylic oxidation sites excluding steroid dienone is 1. The number of carbonyl (C=O) groups excluding carboxylic acids is 1. The highest BCUT2D eigenvalue weighted by Crippen LogP contribution is 2.30. The molecule has 4 rings (SSSR count). The lowest BCUT2D eigenvalue weighted by molar-refractivity contribution is 0.0639. The minimum absolute atomic E-state index is 0.179. The maximum atomic E-state index is 14.9. The summed E-state index contributed by atoms with van der Waals surface area (Å²) < 4.78 is 19.9. The molecule has 0 spiro atoms. The predicted molar refractivity (Wildman–Crippen MR) is 121 cm³/mol. The van der Waals surface area contributed by atoms with Crippen LogP contribution in [-0.4, -0.2) is 53.8 Å². The van der Waals surface area contributed by atoms with Crippen LogP contribution < -0.4 is 16.5 Å². The molecule has 2 aliphatic heterocycles. The van der Waals surface area contributed by atoms with Gasteiger partial charge in [0.15, 0.2) is 6.10 Å². The first-order valence-corrected chi connectivity index (χ1v) is 10.5. The molecule has 2 aromatic carbocycles. The summed E-state index contributed by atoms with van der Waals surface area (Å²) in [4.78, 5) is 18.7. The zero-order valence-corrected chi connectivity index (χ0v) is 18.1. The monoisotopic (exact) mass is 455 g/mol. The van der Waals surface area contributed by atoms with Crippen molar-refractivity contribution in [3.63, 3.8) is 0 Å². The standard InChI is InChI=1S/C23H26FN5O4/c1-14(25)10-28(26)11-18-9-22(27-33-18)16-4-2-15(3-5-16)20-7-6-17(8-21(20)24)29-12-19(13-30)32-23(29)31/h2-8,10,18-19,30H,9,11-13,25-26H2,1H3/b14-10-. The summed E-state index contributed by atoms with van der Waals surface area (Å²) in [5, 5.41) is 14.8.